The lowest BCUT2D eigenvalue weighted by atomic mass is 10.1. The van der Waals surface area contributed by atoms with E-state index in [-0.39, 0.29) is 37.4 Å². The molecule has 1 aliphatic heterocycles. The third-order valence-electron chi connectivity index (χ3n) is 5.06. The summed E-state index contributed by atoms with van der Waals surface area (Å²) in [7, 11) is -11.3. The maximum Gasteiger partial charge on any atom is 0.501 e. The van der Waals surface area contributed by atoms with Crippen molar-refractivity contribution in [1.29, 1.82) is 0 Å². The quantitative estimate of drug-likeness (QED) is 0.564. The van der Waals surface area contributed by atoms with Gasteiger partial charge in [-0.1, -0.05) is 18.2 Å². The van der Waals surface area contributed by atoms with Gasteiger partial charge in [-0.15, -0.1) is 0 Å². The van der Waals surface area contributed by atoms with E-state index in [9.17, 15) is 48.0 Å². The standard InChI is InChI=1S/C19H16F6N2O5S2/c20-18(21,22)33(29,30)14-5-3-4-13(12-14)17(28)27-10-8-26(9-11-27)15-6-1-2-7-16(15)34(31,32)19(23,24)25/h1-7,12H,8-11H2. The first-order chi connectivity index (χ1) is 15.6. The van der Waals surface area contributed by atoms with Crippen LogP contribution < -0.4 is 4.90 Å². The fourth-order valence-corrected chi connectivity index (χ4v) is 5.12. The number of nitrogens with zero attached hydrogens (tertiary/aromatic N) is 2. The molecule has 0 aromatic heterocycles. The maximum atomic E-state index is 13.0. The number of anilines is 1. The molecule has 15 heteroatoms. The molecule has 3 rings (SSSR count). The summed E-state index contributed by atoms with van der Waals surface area (Å²) in [6.07, 6.45) is 0. The predicted molar refractivity (Wildman–Crippen MR) is 107 cm³/mol. The van der Waals surface area contributed by atoms with Crippen LogP contribution in [0.4, 0.5) is 32.0 Å². The molecule has 0 saturated carbocycles. The van der Waals surface area contributed by atoms with Gasteiger partial charge in [0.1, 0.15) is 0 Å². The average molecular weight is 530 g/mol. The van der Waals surface area contributed by atoms with Crippen LogP contribution in [0.25, 0.3) is 0 Å². The fraction of sp³-hybridized carbons (Fsp3) is 0.316. The van der Waals surface area contributed by atoms with E-state index in [0.29, 0.717) is 12.1 Å². The summed E-state index contributed by atoms with van der Waals surface area (Å²) in [5.74, 6) is -0.782. The number of piperazine rings is 1. The van der Waals surface area contributed by atoms with E-state index in [2.05, 4.69) is 0 Å². The summed E-state index contributed by atoms with van der Waals surface area (Å²) in [5, 5.41) is 0. The third kappa shape index (κ3) is 4.71. The minimum absolute atomic E-state index is 0.0727. The maximum absolute atomic E-state index is 13.0. The number of hydrogen-bond acceptors (Lipinski definition) is 6. The van der Waals surface area contributed by atoms with Crippen molar-refractivity contribution >= 4 is 31.3 Å². The molecule has 1 fully saturated rings. The lowest BCUT2D eigenvalue weighted by molar-refractivity contribution is -0.0442. The van der Waals surface area contributed by atoms with Gasteiger partial charge in [-0.2, -0.15) is 26.3 Å². The molecule has 2 aromatic rings. The van der Waals surface area contributed by atoms with Crippen LogP contribution in [-0.2, 0) is 19.7 Å². The first-order valence-electron chi connectivity index (χ1n) is 9.43. The number of halogens is 6. The van der Waals surface area contributed by atoms with Gasteiger partial charge in [-0.3, -0.25) is 4.79 Å². The molecule has 7 nitrogen and oxygen atoms in total. The molecule has 0 aliphatic carbocycles. The van der Waals surface area contributed by atoms with Gasteiger partial charge in [0.25, 0.3) is 25.6 Å². The Hall–Kier alpha value is -2.81. The molecule has 2 aromatic carbocycles. The Morgan fingerprint density at radius 1 is 0.735 bits per heavy atom. The summed E-state index contributed by atoms with van der Waals surface area (Å²) < 4.78 is 125. The molecular formula is C19H16F6N2O5S2. The monoisotopic (exact) mass is 530 g/mol. The number of amides is 1. The number of para-hydroxylation sites is 1. The molecule has 1 amide bonds. The Kier molecular flexibility index (Phi) is 6.65. The van der Waals surface area contributed by atoms with Crippen LogP contribution in [0.5, 0.6) is 0 Å². The number of sulfone groups is 2. The predicted octanol–water partition coefficient (Wildman–Crippen LogP) is 3.24. The van der Waals surface area contributed by atoms with E-state index in [4.69, 9.17) is 0 Å². The third-order valence-corrected chi connectivity index (χ3v) is 8.08. The van der Waals surface area contributed by atoms with E-state index in [1.165, 1.54) is 21.9 Å². The first-order valence-corrected chi connectivity index (χ1v) is 12.4. The van der Waals surface area contributed by atoms with Crippen molar-refractivity contribution < 1.29 is 48.0 Å². The molecule has 0 atom stereocenters. The van der Waals surface area contributed by atoms with Gasteiger partial charge in [0.2, 0.25) is 0 Å². The van der Waals surface area contributed by atoms with Crippen LogP contribution in [0.1, 0.15) is 10.4 Å². The van der Waals surface area contributed by atoms with E-state index in [1.807, 2.05) is 0 Å². The lowest BCUT2D eigenvalue weighted by Crippen LogP contribution is -2.49. The Morgan fingerprint density at radius 3 is 1.85 bits per heavy atom. The van der Waals surface area contributed by atoms with Gasteiger partial charge in [0, 0.05) is 31.7 Å². The summed E-state index contributed by atoms with van der Waals surface area (Å²) in [6, 6.07) is 7.94. The highest BCUT2D eigenvalue weighted by Gasteiger charge is 2.49. The fourth-order valence-electron chi connectivity index (χ4n) is 3.33. The summed E-state index contributed by atoms with van der Waals surface area (Å²) in [5.41, 5.74) is -11.6. The van der Waals surface area contributed by atoms with Crippen LogP contribution in [0.2, 0.25) is 0 Å². The number of rotatable bonds is 4. The highest BCUT2D eigenvalue weighted by Crippen LogP contribution is 2.36. The molecule has 0 unspecified atom stereocenters. The normalized spacial score (nSPS) is 15.9. The minimum atomic E-state index is -5.67. The van der Waals surface area contributed by atoms with Gasteiger partial charge in [0.15, 0.2) is 0 Å². The smallest absolute Gasteiger partial charge is 0.367 e. The molecule has 186 valence electrons. The minimum Gasteiger partial charge on any atom is -0.367 e. The zero-order valence-electron chi connectivity index (χ0n) is 17.0. The van der Waals surface area contributed by atoms with Crippen LogP contribution in [0.15, 0.2) is 58.3 Å². The Balaban J connectivity index is 1.80. The van der Waals surface area contributed by atoms with Gasteiger partial charge in [-0.25, -0.2) is 16.8 Å². The highest BCUT2D eigenvalue weighted by molar-refractivity contribution is 7.92. The number of carbonyl (C=O) groups is 1. The lowest BCUT2D eigenvalue weighted by Gasteiger charge is -2.37. The van der Waals surface area contributed by atoms with E-state index < -0.39 is 46.4 Å². The molecule has 34 heavy (non-hydrogen) atoms. The molecule has 1 aliphatic rings. The Morgan fingerprint density at radius 2 is 1.29 bits per heavy atom. The van der Waals surface area contributed by atoms with E-state index in [1.54, 1.807) is 0 Å². The van der Waals surface area contributed by atoms with Crippen LogP contribution >= 0.6 is 0 Å². The number of alkyl halides is 6. The van der Waals surface area contributed by atoms with Gasteiger partial charge >= 0.3 is 11.0 Å². The topological polar surface area (TPSA) is 91.8 Å². The number of hydrogen-bond donors (Lipinski definition) is 0. The van der Waals surface area contributed by atoms with E-state index in [0.717, 1.165) is 24.3 Å². The van der Waals surface area contributed by atoms with Gasteiger partial charge in [-0.05, 0) is 30.3 Å². The molecule has 0 bridgehead atoms. The number of benzene rings is 2. The largest absolute Gasteiger partial charge is 0.501 e. The highest BCUT2D eigenvalue weighted by atomic mass is 32.2. The van der Waals surface area contributed by atoms with Crippen LogP contribution in [0, 0.1) is 0 Å². The molecule has 0 spiro atoms. The summed E-state index contributed by atoms with van der Waals surface area (Å²) >= 11 is 0. The molecule has 0 N–H and O–H groups in total. The van der Waals surface area contributed by atoms with Gasteiger partial charge < -0.3 is 9.80 Å². The van der Waals surface area contributed by atoms with Gasteiger partial charge in [0.05, 0.1) is 15.5 Å². The molecular weight excluding hydrogens is 514 g/mol. The SMILES string of the molecule is O=C(c1cccc(S(=O)(=O)C(F)(F)F)c1)N1CCN(c2ccccc2S(=O)(=O)C(F)(F)F)CC1. The van der Waals surface area contributed by atoms with E-state index >= 15 is 0 Å². The van der Waals surface area contributed by atoms with Crippen molar-refractivity contribution in [3.8, 4) is 0 Å². The summed E-state index contributed by atoms with van der Waals surface area (Å²) in [6.45, 7) is -0.349. The molecule has 1 saturated heterocycles. The average Bonchev–Trinajstić information content (AvgIpc) is 2.77. The van der Waals surface area contributed by atoms with Crippen molar-refractivity contribution in [2.75, 3.05) is 31.1 Å². The second-order valence-corrected chi connectivity index (χ2v) is 11.0. The zero-order valence-corrected chi connectivity index (χ0v) is 18.6. The van der Waals surface area contributed by atoms with Crippen LogP contribution in [-0.4, -0.2) is 64.8 Å². The zero-order chi connectivity index (χ0) is 25.5. The van der Waals surface area contributed by atoms with Crippen LogP contribution in [0.3, 0.4) is 0 Å². The molecule has 1 heterocycles. The van der Waals surface area contributed by atoms with Crippen molar-refractivity contribution in [2.24, 2.45) is 0 Å². The number of carbonyl (C=O) groups excluding carboxylic acids is 1. The van der Waals surface area contributed by atoms with Crippen molar-refractivity contribution in [1.82, 2.24) is 4.90 Å². The van der Waals surface area contributed by atoms with Crippen molar-refractivity contribution in [3.63, 3.8) is 0 Å². The van der Waals surface area contributed by atoms with Crippen molar-refractivity contribution in [3.05, 3.63) is 54.1 Å². The first kappa shape index (κ1) is 25.8. The second kappa shape index (κ2) is 8.76. The Labute approximate surface area is 190 Å². The Bertz CT molecular complexity index is 1300. The van der Waals surface area contributed by atoms with Crippen molar-refractivity contribution in [2.45, 2.75) is 20.8 Å². The molecule has 0 radical (unpaired) electrons. The summed E-state index contributed by atoms with van der Waals surface area (Å²) in [4.78, 5) is 13.2. The second-order valence-electron chi connectivity index (χ2n) is 7.17.